The molecule has 8 nitrogen and oxygen atoms in total. The maximum Gasteiger partial charge on any atom is 0.307 e. The summed E-state index contributed by atoms with van der Waals surface area (Å²) in [5.41, 5.74) is 0.688. The molecule has 1 saturated heterocycles. The molecule has 2 aliphatic heterocycles. The lowest BCUT2D eigenvalue weighted by atomic mass is 9.81. The number of carbonyl (C=O) groups excluding carboxylic acids is 5. The van der Waals surface area contributed by atoms with Crippen molar-refractivity contribution in [2.24, 2.45) is 11.8 Å². The lowest BCUT2D eigenvalue weighted by Crippen LogP contribution is -2.35. The van der Waals surface area contributed by atoms with E-state index in [9.17, 15) is 24.0 Å². The molecule has 1 aromatic rings. The monoisotopic (exact) mass is 398 g/mol. The highest BCUT2D eigenvalue weighted by atomic mass is 16.5. The van der Waals surface area contributed by atoms with Gasteiger partial charge in [0.2, 0.25) is 11.8 Å². The van der Waals surface area contributed by atoms with Crippen LogP contribution in [0.1, 0.15) is 52.8 Å². The predicted molar refractivity (Wildman–Crippen MR) is 99.6 cm³/mol. The van der Waals surface area contributed by atoms with Gasteiger partial charge in [-0.25, -0.2) is 0 Å². The maximum absolute atomic E-state index is 12.4. The van der Waals surface area contributed by atoms with Crippen molar-refractivity contribution in [3.05, 3.63) is 35.4 Å². The van der Waals surface area contributed by atoms with Gasteiger partial charge in [0, 0.05) is 6.54 Å². The standard InChI is InChI=1S/C21H22N2O6/c24-17(9-10-22-18(25)13-5-1-2-6-14(13)19(22)26)29-12-11-23-20(27)15-7-3-4-8-16(15)21(23)28/h3-4,7-8,13-14H,1-2,5-6,9-12H2/t13-,14+. The van der Waals surface area contributed by atoms with Crippen molar-refractivity contribution in [1.29, 1.82) is 0 Å². The second-order valence-corrected chi connectivity index (χ2v) is 7.60. The van der Waals surface area contributed by atoms with E-state index >= 15 is 0 Å². The Bertz CT molecular complexity index is 836. The molecule has 3 aliphatic rings. The predicted octanol–water partition coefficient (Wildman–Crippen LogP) is 1.39. The van der Waals surface area contributed by atoms with Crippen molar-refractivity contribution in [3.8, 4) is 0 Å². The van der Waals surface area contributed by atoms with Gasteiger partial charge in [-0.3, -0.25) is 33.8 Å². The van der Waals surface area contributed by atoms with Crippen molar-refractivity contribution >= 4 is 29.6 Å². The number of nitrogens with zero attached hydrogens (tertiary/aromatic N) is 2. The number of hydrogen-bond donors (Lipinski definition) is 0. The molecule has 0 N–H and O–H groups in total. The van der Waals surface area contributed by atoms with Gasteiger partial charge < -0.3 is 4.74 Å². The van der Waals surface area contributed by atoms with Crippen LogP contribution < -0.4 is 0 Å². The van der Waals surface area contributed by atoms with Crippen LogP contribution in [-0.4, -0.2) is 59.1 Å². The number of likely N-dealkylation sites (tertiary alicyclic amines) is 1. The zero-order valence-electron chi connectivity index (χ0n) is 16.0. The highest BCUT2D eigenvalue weighted by molar-refractivity contribution is 6.21. The topological polar surface area (TPSA) is 101 Å². The second kappa shape index (κ2) is 7.77. The Labute approximate surface area is 167 Å². The number of benzene rings is 1. The summed E-state index contributed by atoms with van der Waals surface area (Å²) in [4.78, 5) is 63.6. The molecular weight excluding hydrogens is 376 g/mol. The number of imide groups is 2. The van der Waals surface area contributed by atoms with Gasteiger partial charge in [0.15, 0.2) is 0 Å². The molecular formula is C21H22N2O6. The van der Waals surface area contributed by atoms with E-state index in [0.29, 0.717) is 11.1 Å². The van der Waals surface area contributed by atoms with Crippen LogP contribution >= 0.6 is 0 Å². The Balaban J connectivity index is 1.24. The molecule has 2 atom stereocenters. The van der Waals surface area contributed by atoms with Crippen LogP contribution in [0.4, 0.5) is 0 Å². The summed E-state index contributed by atoms with van der Waals surface area (Å²) in [5, 5.41) is 0. The minimum Gasteiger partial charge on any atom is -0.464 e. The molecule has 1 saturated carbocycles. The Hall–Kier alpha value is -3.03. The average molecular weight is 398 g/mol. The van der Waals surface area contributed by atoms with Crippen LogP contribution in [0, 0.1) is 11.8 Å². The highest BCUT2D eigenvalue weighted by Crippen LogP contribution is 2.38. The van der Waals surface area contributed by atoms with Crippen molar-refractivity contribution in [3.63, 3.8) is 0 Å². The Morgan fingerprint density at radius 3 is 1.97 bits per heavy atom. The zero-order valence-corrected chi connectivity index (χ0v) is 16.0. The maximum atomic E-state index is 12.4. The smallest absolute Gasteiger partial charge is 0.307 e. The van der Waals surface area contributed by atoms with Gasteiger partial charge in [0.05, 0.1) is 35.9 Å². The SMILES string of the molecule is O=C(CCN1C(=O)[C@H]2CCCC[C@H]2C1=O)OCCN1C(=O)c2ccccc2C1=O. The number of hydrogen-bond acceptors (Lipinski definition) is 6. The highest BCUT2D eigenvalue weighted by Gasteiger charge is 2.47. The lowest BCUT2D eigenvalue weighted by Gasteiger charge is -2.19. The molecule has 152 valence electrons. The molecule has 0 radical (unpaired) electrons. The summed E-state index contributed by atoms with van der Waals surface area (Å²) in [7, 11) is 0. The van der Waals surface area contributed by atoms with E-state index in [-0.39, 0.29) is 49.8 Å². The summed E-state index contributed by atoms with van der Waals surface area (Å²) in [6.45, 7) is -0.155. The number of amides is 4. The van der Waals surface area contributed by atoms with Gasteiger partial charge in [0.1, 0.15) is 6.61 Å². The minimum atomic E-state index is -0.572. The molecule has 29 heavy (non-hydrogen) atoms. The molecule has 0 spiro atoms. The molecule has 4 amide bonds. The van der Waals surface area contributed by atoms with E-state index in [1.165, 1.54) is 4.90 Å². The van der Waals surface area contributed by atoms with Crippen LogP contribution in [0.5, 0.6) is 0 Å². The first-order chi connectivity index (χ1) is 14.0. The number of carbonyl (C=O) groups is 5. The van der Waals surface area contributed by atoms with Crippen LogP contribution in [0.15, 0.2) is 24.3 Å². The summed E-state index contributed by atoms with van der Waals surface area (Å²) < 4.78 is 5.11. The summed E-state index contributed by atoms with van der Waals surface area (Å²) in [5.74, 6) is -2.22. The van der Waals surface area contributed by atoms with E-state index in [0.717, 1.165) is 30.6 Å². The fraction of sp³-hybridized carbons (Fsp3) is 0.476. The van der Waals surface area contributed by atoms with Gasteiger partial charge in [-0.05, 0) is 25.0 Å². The summed E-state index contributed by atoms with van der Waals surface area (Å²) in [6.07, 6.45) is 3.27. The molecule has 0 bridgehead atoms. The van der Waals surface area contributed by atoms with E-state index in [2.05, 4.69) is 0 Å². The van der Waals surface area contributed by atoms with Crippen LogP contribution in [0.3, 0.4) is 0 Å². The zero-order chi connectivity index (χ0) is 20.5. The Kier molecular flexibility index (Phi) is 5.17. The Morgan fingerprint density at radius 2 is 1.41 bits per heavy atom. The fourth-order valence-electron chi connectivity index (χ4n) is 4.42. The number of fused-ring (bicyclic) bond motifs is 2. The molecule has 2 heterocycles. The first-order valence-electron chi connectivity index (χ1n) is 9.95. The van der Waals surface area contributed by atoms with E-state index < -0.39 is 17.8 Å². The van der Waals surface area contributed by atoms with Crippen LogP contribution in [0.25, 0.3) is 0 Å². The lowest BCUT2D eigenvalue weighted by molar-refractivity contribution is -0.146. The first-order valence-corrected chi connectivity index (χ1v) is 9.95. The molecule has 1 aromatic carbocycles. The third kappa shape index (κ3) is 3.43. The number of esters is 1. The number of rotatable bonds is 6. The number of ether oxygens (including phenoxy) is 1. The molecule has 8 heteroatoms. The van der Waals surface area contributed by atoms with E-state index in [1.54, 1.807) is 24.3 Å². The normalized spacial score (nSPS) is 23.4. The molecule has 0 unspecified atom stereocenters. The molecule has 4 rings (SSSR count). The quantitative estimate of drug-likeness (QED) is 0.530. The van der Waals surface area contributed by atoms with Crippen LogP contribution in [-0.2, 0) is 19.1 Å². The average Bonchev–Trinajstić information content (AvgIpc) is 3.12. The van der Waals surface area contributed by atoms with Crippen molar-refractivity contribution in [1.82, 2.24) is 9.80 Å². The summed E-state index contributed by atoms with van der Waals surface area (Å²) in [6, 6.07) is 6.54. The third-order valence-corrected chi connectivity index (χ3v) is 5.93. The van der Waals surface area contributed by atoms with Gasteiger partial charge in [-0.1, -0.05) is 25.0 Å². The fourth-order valence-corrected chi connectivity index (χ4v) is 4.42. The second-order valence-electron chi connectivity index (χ2n) is 7.60. The Morgan fingerprint density at radius 1 is 0.862 bits per heavy atom. The molecule has 0 aromatic heterocycles. The van der Waals surface area contributed by atoms with Gasteiger partial charge in [-0.2, -0.15) is 0 Å². The first kappa shape index (κ1) is 19.3. The van der Waals surface area contributed by atoms with Gasteiger partial charge >= 0.3 is 5.97 Å². The van der Waals surface area contributed by atoms with E-state index in [4.69, 9.17) is 4.74 Å². The van der Waals surface area contributed by atoms with Crippen LogP contribution in [0.2, 0.25) is 0 Å². The van der Waals surface area contributed by atoms with Gasteiger partial charge in [-0.15, -0.1) is 0 Å². The van der Waals surface area contributed by atoms with Gasteiger partial charge in [0.25, 0.3) is 11.8 Å². The van der Waals surface area contributed by atoms with Crippen molar-refractivity contribution in [2.45, 2.75) is 32.1 Å². The van der Waals surface area contributed by atoms with E-state index in [1.807, 2.05) is 0 Å². The van der Waals surface area contributed by atoms with Crippen molar-refractivity contribution in [2.75, 3.05) is 19.7 Å². The molecule has 1 aliphatic carbocycles. The molecule has 2 fully saturated rings. The largest absolute Gasteiger partial charge is 0.464 e. The minimum absolute atomic E-state index is 0.0104. The third-order valence-electron chi connectivity index (χ3n) is 5.93. The van der Waals surface area contributed by atoms with Crippen molar-refractivity contribution < 1.29 is 28.7 Å². The summed E-state index contributed by atoms with van der Waals surface area (Å²) >= 11 is 0.